The third-order valence-corrected chi connectivity index (χ3v) is 2.78. The summed E-state index contributed by atoms with van der Waals surface area (Å²) in [4.78, 5) is 0. The number of hydrogen-bond donors (Lipinski definition) is 2. The first-order valence-corrected chi connectivity index (χ1v) is 6.19. The summed E-state index contributed by atoms with van der Waals surface area (Å²) in [6.45, 7) is 1.37. The molecule has 0 spiro atoms. The van der Waals surface area contributed by atoms with Crippen molar-refractivity contribution >= 4 is 17.3 Å². The van der Waals surface area contributed by atoms with Crippen molar-refractivity contribution in [3.05, 3.63) is 53.9 Å². The third-order valence-electron chi connectivity index (χ3n) is 2.49. The maximum atomic E-state index is 5.20. The van der Waals surface area contributed by atoms with E-state index in [1.807, 2.05) is 37.5 Å². The third kappa shape index (κ3) is 3.85. The van der Waals surface area contributed by atoms with Crippen LogP contribution in [0.25, 0.3) is 0 Å². The second-order valence-corrected chi connectivity index (χ2v) is 4.41. The maximum absolute atomic E-state index is 5.20. The Labute approximate surface area is 112 Å². The van der Waals surface area contributed by atoms with E-state index in [1.165, 1.54) is 5.56 Å². The molecule has 0 aliphatic rings. The molecule has 2 rings (SSSR count). The second kappa shape index (κ2) is 6.16. The minimum atomic E-state index is 0.640. The average molecular weight is 260 g/mol. The van der Waals surface area contributed by atoms with Gasteiger partial charge in [0.05, 0.1) is 12.2 Å². The van der Waals surface area contributed by atoms with Crippen molar-refractivity contribution in [1.82, 2.24) is 20.4 Å². The Bertz CT molecular complexity index is 507. The fourth-order valence-corrected chi connectivity index (χ4v) is 1.71. The van der Waals surface area contributed by atoms with E-state index in [1.54, 1.807) is 4.68 Å². The smallest absolute Gasteiger partial charge is 0.166 e. The molecule has 2 N–H and O–H groups in total. The van der Waals surface area contributed by atoms with Gasteiger partial charge in [-0.05, 0) is 23.8 Å². The number of rotatable bonds is 4. The van der Waals surface area contributed by atoms with Gasteiger partial charge >= 0.3 is 0 Å². The number of hydrogen-bond acceptors (Lipinski definition) is 2. The van der Waals surface area contributed by atoms with Crippen molar-refractivity contribution in [1.29, 1.82) is 0 Å². The molecular formula is C13H16N4S. The van der Waals surface area contributed by atoms with Gasteiger partial charge in [0, 0.05) is 19.8 Å². The van der Waals surface area contributed by atoms with E-state index in [9.17, 15) is 0 Å². The van der Waals surface area contributed by atoms with Crippen LogP contribution in [0.1, 0.15) is 11.3 Å². The molecule has 0 aliphatic heterocycles. The summed E-state index contributed by atoms with van der Waals surface area (Å²) in [5.74, 6) is 0. The highest BCUT2D eigenvalue weighted by molar-refractivity contribution is 7.80. The first-order valence-electron chi connectivity index (χ1n) is 5.78. The van der Waals surface area contributed by atoms with Crippen LogP contribution in [0, 0.1) is 0 Å². The molecule has 0 saturated heterocycles. The van der Waals surface area contributed by atoms with Gasteiger partial charge in [-0.25, -0.2) is 0 Å². The lowest BCUT2D eigenvalue weighted by Gasteiger charge is -2.09. The molecule has 0 unspecified atom stereocenters. The van der Waals surface area contributed by atoms with Gasteiger partial charge in [0.25, 0.3) is 0 Å². The SMILES string of the molecule is Cn1ccc(CNC(=S)NCc2ccccc2)n1. The number of aryl methyl sites for hydroxylation is 1. The summed E-state index contributed by atoms with van der Waals surface area (Å²) in [7, 11) is 1.90. The van der Waals surface area contributed by atoms with Crippen molar-refractivity contribution in [2.24, 2.45) is 7.05 Å². The molecule has 1 aromatic carbocycles. The van der Waals surface area contributed by atoms with E-state index < -0.39 is 0 Å². The van der Waals surface area contributed by atoms with Crippen molar-refractivity contribution < 1.29 is 0 Å². The molecule has 1 aromatic heterocycles. The summed E-state index contributed by atoms with van der Waals surface area (Å²) in [5, 5.41) is 11.2. The van der Waals surface area contributed by atoms with Crippen LogP contribution in [-0.4, -0.2) is 14.9 Å². The normalized spacial score (nSPS) is 10.1. The van der Waals surface area contributed by atoms with Crippen molar-refractivity contribution in [2.45, 2.75) is 13.1 Å². The van der Waals surface area contributed by atoms with E-state index in [2.05, 4.69) is 27.9 Å². The summed E-state index contributed by atoms with van der Waals surface area (Å²) in [6, 6.07) is 12.1. The largest absolute Gasteiger partial charge is 0.359 e. The highest BCUT2D eigenvalue weighted by atomic mass is 32.1. The minimum absolute atomic E-state index is 0.640. The second-order valence-electron chi connectivity index (χ2n) is 4.00. The van der Waals surface area contributed by atoms with Crippen molar-refractivity contribution in [2.75, 3.05) is 0 Å². The summed E-state index contributed by atoms with van der Waals surface area (Å²) < 4.78 is 1.78. The number of aromatic nitrogens is 2. The standard InChI is InChI=1S/C13H16N4S/c1-17-8-7-12(16-17)10-15-13(18)14-9-11-5-3-2-4-6-11/h2-8H,9-10H2,1H3,(H2,14,15,18). The zero-order valence-corrected chi connectivity index (χ0v) is 11.1. The number of benzene rings is 1. The minimum Gasteiger partial charge on any atom is -0.359 e. The monoisotopic (exact) mass is 260 g/mol. The predicted molar refractivity (Wildman–Crippen MR) is 75.9 cm³/mol. The lowest BCUT2D eigenvalue weighted by Crippen LogP contribution is -2.34. The Morgan fingerprint density at radius 3 is 2.56 bits per heavy atom. The zero-order valence-electron chi connectivity index (χ0n) is 10.3. The van der Waals surface area contributed by atoms with Gasteiger partial charge in [0.2, 0.25) is 0 Å². The van der Waals surface area contributed by atoms with Gasteiger partial charge in [-0.3, -0.25) is 4.68 Å². The molecule has 0 amide bonds. The highest BCUT2D eigenvalue weighted by Gasteiger charge is 1.99. The first-order chi connectivity index (χ1) is 8.74. The van der Waals surface area contributed by atoms with Crippen LogP contribution in [0.4, 0.5) is 0 Å². The van der Waals surface area contributed by atoms with E-state index >= 15 is 0 Å². The Hall–Kier alpha value is -1.88. The van der Waals surface area contributed by atoms with Crippen LogP contribution in [0.5, 0.6) is 0 Å². The quantitative estimate of drug-likeness (QED) is 0.819. The predicted octanol–water partition coefficient (Wildman–Crippen LogP) is 1.58. The van der Waals surface area contributed by atoms with Gasteiger partial charge in [-0.2, -0.15) is 5.10 Å². The molecule has 2 aromatic rings. The van der Waals surface area contributed by atoms with Crippen molar-refractivity contribution in [3.8, 4) is 0 Å². The summed E-state index contributed by atoms with van der Waals surface area (Å²) in [5.41, 5.74) is 2.18. The Morgan fingerprint density at radius 1 is 1.17 bits per heavy atom. The highest BCUT2D eigenvalue weighted by Crippen LogP contribution is 1.97. The van der Waals surface area contributed by atoms with Crippen LogP contribution >= 0.6 is 12.2 Å². The molecule has 0 aliphatic carbocycles. The Balaban J connectivity index is 1.73. The molecule has 4 nitrogen and oxygen atoms in total. The van der Waals surface area contributed by atoms with Crippen LogP contribution in [0.3, 0.4) is 0 Å². The van der Waals surface area contributed by atoms with E-state index in [-0.39, 0.29) is 0 Å². The van der Waals surface area contributed by atoms with Gasteiger partial charge in [-0.15, -0.1) is 0 Å². The Kier molecular flexibility index (Phi) is 4.30. The molecule has 18 heavy (non-hydrogen) atoms. The summed E-state index contributed by atoms with van der Waals surface area (Å²) in [6.07, 6.45) is 1.91. The molecule has 1 heterocycles. The number of nitrogens with one attached hydrogen (secondary N) is 2. The van der Waals surface area contributed by atoms with E-state index in [0.29, 0.717) is 11.7 Å². The molecule has 5 heteroatoms. The Morgan fingerprint density at radius 2 is 1.89 bits per heavy atom. The topological polar surface area (TPSA) is 41.9 Å². The van der Waals surface area contributed by atoms with E-state index in [0.717, 1.165) is 12.2 Å². The zero-order chi connectivity index (χ0) is 12.8. The lowest BCUT2D eigenvalue weighted by atomic mass is 10.2. The van der Waals surface area contributed by atoms with Crippen LogP contribution in [0.2, 0.25) is 0 Å². The summed E-state index contributed by atoms with van der Waals surface area (Å²) >= 11 is 5.20. The van der Waals surface area contributed by atoms with Gasteiger partial charge < -0.3 is 10.6 Å². The molecule has 0 fully saturated rings. The van der Waals surface area contributed by atoms with Gasteiger partial charge in [0.1, 0.15) is 0 Å². The molecular weight excluding hydrogens is 244 g/mol. The van der Waals surface area contributed by atoms with Crippen LogP contribution in [0.15, 0.2) is 42.6 Å². The number of nitrogens with zero attached hydrogens (tertiary/aromatic N) is 2. The van der Waals surface area contributed by atoms with E-state index in [4.69, 9.17) is 12.2 Å². The maximum Gasteiger partial charge on any atom is 0.166 e. The van der Waals surface area contributed by atoms with Gasteiger partial charge in [0.15, 0.2) is 5.11 Å². The molecule has 0 bridgehead atoms. The van der Waals surface area contributed by atoms with Gasteiger partial charge in [-0.1, -0.05) is 30.3 Å². The molecule has 94 valence electrons. The molecule has 0 radical (unpaired) electrons. The number of thiocarbonyl (C=S) groups is 1. The molecule has 0 atom stereocenters. The molecule has 0 saturated carbocycles. The fraction of sp³-hybridized carbons (Fsp3) is 0.231. The average Bonchev–Trinajstić information content (AvgIpc) is 2.81. The first kappa shape index (κ1) is 12.6. The van der Waals surface area contributed by atoms with Crippen LogP contribution in [-0.2, 0) is 20.1 Å². The van der Waals surface area contributed by atoms with Crippen LogP contribution < -0.4 is 10.6 Å². The lowest BCUT2D eigenvalue weighted by molar-refractivity contribution is 0.725. The fourth-order valence-electron chi connectivity index (χ4n) is 1.57. The van der Waals surface area contributed by atoms with Crippen molar-refractivity contribution in [3.63, 3.8) is 0 Å².